The van der Waals surface area contributed by atoms with Gasteiger partial charge in [-0.05, 0) is 17.7 Å². The number of carbonyl (C=O) groups is 1. The number of anilines is 1. The summed E-state index contributed by atoms with van der Waals surface area (Å²) in [4.78, 5) is 34.2. The van der Waals surface area contributed by atoms with Crippen molar-refractivity contribution in [1.82, 2.24) is 14.6 Å². The van der Waals surface area contributed by atoms with Crippen LogP contribution in [-0.2, 0) is 11.3 Å². The molecule has 1 aromatic heterocycles. The number of halogens is 1. The molecule has 5 N–H and O–H groups in total. The number of nitrogens with zero attached hydrogens (tertiary/aromatic N) is 2. The molecule has 0 atom stereocenters. The first-order valence-electron chi connectivity index (χ1n) is 6.64. The third kappa shape index (κ3) is 5.57. The maximum atomic E-state index is 13.0. The molecule has 9 nitrogen and oxygen atoms in total. The van der Waals surface area contributed by atoms with Crippen LogP contribution in [0.4, 0.5) is 14.9 Å². The quantitative estimate of drug-likeness (QED) is 0.302. The van der Waals surface area contributed by atoms with Crippen molar-refractivity contribution in [3.63, 3.8) is 0 Å². The first kappa shape index (κ1) is 18.9. The van der Waals surface area contributed by atoms with Gasteiger partial charge in [0.05, 0.1) is 19.9 Å². The Morgan fingerprint density at radius 3 is 2.38 bits per heavy atom. The van der Waals surface area contributed by atoms with Crippen LogP contribution < -0.4 is 22.8 Å². The molecule has 0 aliphatic heterocycles. The van der Waals surface area contributed by atoms with Gasteiger partial charge in [0.2, 0.25) is 5.82 Å². The zero-order valence-electron chi connectivity index (χ0n) is 13.2. The first-order chi connectivity index (χ1) is 11.2. The van der Waals surface area contributed by atoms with Crippen molar-refractivity contribution in [2.24, 2.45) is 5.84 Å². The van der Waals surface area contributed by atoms with E-state index in [-0.39, 0.29) is 6.54 Å². The lowest BCUT2D eigenvalue weighted by atomic mass is 10.2. The van der Waals surface area contributed by atoms with Gasteiger partial charge in [0, 0.05) is 12.7 Å². The van der Waals surface area contributed by atoms with Crippen LogP contribution in [0.2, 0.25) is 0 Å². The molecule has 2 aromatic rings. The van der Waals surface area contributed by atoms with Gasteiger partial charge in [-0.2, -0.15) is 4.39 Å². The molecule has 10 heteroatoms. The SMILES string of the molecule is COC(=O)N(C)N.Nc1ccc(Cn2cc(F)c(=O)[nH]c2=O)cc1. The van der Waals surface area contributed by atoms with Crippen molar-refractivity contribution in [3.8, 4) is 0 Å². The summed E-state index contributed by atoms with van der Waals surface area (Å²) in [6.45, 7) is 0.173. The molecule has 0 bridgehead atoms. The molecule has 0 aliphatic rings. The van der Waals surface area contributed by atoms with Crippen LogP contribution in [0.25, 0.3) is 0 Å². The van der Waals surface area contributed by atoms with Crippen LogP contribution in [0.15, 0.2) is 40.1 Å². The maximum Gasteiger partial charge on any atom is 0.423 e. The highest BCUT2D eigenvalue weighted by Gasteiger charge is 2.04. The number of hydrogen-bond acceptors (Lipinski definition) is 6. The highest BCUT2D eigenvalue weighted by molar-refractivity contribution is 5.65. The molecular weight excluding hydrogens is 321 g/mol. The Balaban J connectivity index is 0.000000351. The lowest BCUT2D eigenvalue weighted by molar-refractivity contribution is 0.134. The molecule has 130 valence electrons. The van der Waals surface area contributed by atoms with E-state index in [4.69, 9.17) is 11.6 Å². The van der Waals surface area contributed by atoms with Gasteiger partial charge >= 0.3 is 11.8 Å². The summed E-state index contributed by atoms with van der Waals surface area (Å²) in [6, 6.07) is 6.82. The monoisotopic (exact) mass is 339 g/mol. The molecule has 2 rings (SSSR count). The number of aromatic nitrogens is 2. The molecule has 1 amide bonds. The molecule has 1 aromatic carbocycles. The fourth-order valence-corrected chi connectivity index (χ4v) is 1.56. The minimum atomic E-state index is -1.01. The summed E-state index contributed by atoms with van der Waals surface area (Å²) < 4.78 is 18.3. The fourth-order valence-electron chi connectivity index (χ4n) is 1.56. The zero-order chi connectivity index (χ0) is 18.3. The Labute approximate surface area is 136 Å². The topological polar surface area (TPSA) is 136 Å². The predicted molar refractivity (Wildman–Crippen MR) is 85.6 cm³/mol. The van der Waals surface area contributed by atoms with Crippen molar-refractivity contribution in [2.45, 2.75) is 6.54 Å². The van der Waals surface area contributed by atoms with Crippen LogP contribution >= 0.6 is 0 Å². The van der Waals surface area contributed by atoms with Crippen LogP contribution in [0.3, 0.4) is 0 Å². The Morgan fingerprint density at radius 2 is 1.92 bits per heavy atom. The van der Waals surface area contributed by atoms with Gasteiger partial charge in [-0.1, -0.05) is 12.1 Å². The van der Waals surface area contributed by atoms with Crippen molar-refractivity contribution in [3.05, 3.63) is 62.7 Å². The van der Waals surface area contributed by atoms with Crippen molar-refractivity contribution >= 4 is 11.8 Å². The molecule has 1 heterocycles. The molecule has 0 saturated heterocycles. The number of ether oxygens (including phenoxy) is 1. The van der Waals surface area contributed by atoms with E-state index in [1.807, 2.05) is 4.98 Å². The number of benzene rings is 1. The van der Waals surface area contributed by atoms with E-state index in [0.29, 0.717) is 5.69 Å². The van der Waals surface area contributed by atoms with Gasteiger partial charge in [0.15, 0.2) is 0 Å². The smallest absolute Gasteiger partial charge is 0.423 e. The molecular formula is C14H18FN5O4. The Morgan fingerprint density at radius 1 is 1.33 bits per heavy atom. The van der Waals surface area contributed by atoms with Crippen LogP contribution in [-0.4, -0.2) is 34.8 Å². The Hall–Kier alpha value is -3.14. The van der Waals surface area contributed by atoms with Gasteiger partial charge in [0.1, 0.15) is 0 Å². The van der Waals surface area contributed by atoms with E-state index in [1.54, 1.807) is 24.3 Å². The number of H-pyrrole nitrogens is 1. The number of amides is 1. The Bertz CT molecular complexity index is 798. The standard InChI is InChI=1S/C11H10FN3O2.C3H8N2O2/c12-9-6-15(11(17)14-10(9)16)5-7-1-3-8(13)4-2-7;1-5(4)3(6)7-2/h1-4,6H,5,13H2,(H,14,16,17);4H2,1-2H3. The van der Waals surface area contributed by atoms with Gasteiger partial charge < -0.3 is 10.5 Å². The highest BCUT2D eigenvalue weighted by atomic mass is 19.1. The highest BCUT2D eigenvalue weighted by Crippen LogP contribution is 2.06. The third-order valence-electron chi connectivity index (χ3n) is 2.76. The molecule has 0 spiro atoms. The molecule has 0 unspecified atom stereocenters. The minimum Gasteiger partial charge on any atom is -0.452 e. The predicted octanol–water partition coefficient (Wildman–Crippen LogP) is -0.135. The molecule has 0 fully saturated rings. The van der Waals surface area contributed by atoms with Gasteiger partial charge in [-0.15, -0.1) is 0 Å². The van der Waals surface area contributed by atoms with E-state index in [2.05, 4.69) is 4.74 Å². The van der Waals surface area contributed by atoms with Crippen LogP contribution in [0.1, 0.15) is 5.56 Å². The Kier molecular flexibility index (Phi) is 6.68. The van der Waals surface area contributed by atoms with Gasteiger partial charge in [0.25, 0.3) is 5.56 Å². The summed E-state index contributed by atoms with van der Waals surface area (Å²) in [7, 11) is 2.68. The van der Waals surface area contributed by atoms with Crippen LogP contribution in [0.5, 0.6) is 0 Å². The second-order valence-corrected chi connectivity index (χ2v) is 4.69. The summed E-state index contributed by atoms with van der Waals surface area (Å²) in [6.07, 6.45) is 0.345. The van der Waals surface area contributed by atoms with Gasteiger partial charge in [-0.3, -0.25) is 14.3 Å². The minimum absolute atomic E-state index is 0.173. The number of carbonyl (C=O) groups excluding carboxylic acids is 1. The van der Waals surface area contributed by atoms with E-state index < -0.39 is 23.2 Å². The number of hydrogen-bond donors (Lipinski definition) is 3. The molecule has 24 heavy (non-hydrogen) atoms. The summed E-state index contributed by atoms with van der Waals surface area (Å²) in [5.41, 5.74) is 5.25. The maximum absolute atomic E-state index is 13.0. The average Bonchev–Trinajstić information content (AvgIpc) is 2.54. The lowest BCUT2D eigenvalue weighted by Gasteiger charge is -2.05. The number of hydrazine groups is 1. The lowest BCUT2D eigenvalue weighted by Crippen LogP contribution is -2.32. The summed E-state index contributed by atoms with van der Waals surface area (Å²) >= 11 is 0. The molecule has 0 saturated carbocycles. The van der Waals surface area contributed by atoms with Crippen molar-refractivity contribution < 1.29 is 13.9 Å². The van der Waals surface area contributed by atoms with Gasteiger partial charge in [-0.25, -0.2) is 20.4 Å². The number of nitrogens with two attached hydrogens (primary N) is 2. The third-order valence-corrected chi connectivity index (χ3v) is 2.76. The summed E-state index contributed by atoms with van der Waals surface area (Å²) in [5.74, 6) is 3.92. The summed E-state index contributed by atoms with van der Waals surface area (Å²) in [5, 5.41) is 0.861. The number of nitrogens with one attached hydrogen (secondary N) is 1. The van der Waals surface area contributed by atoms with E-state index in [0.717, 1.165) is 21.3 Å². The second kappa shape index (κ2) is 8.48. The van der Waals surface area contributed by atoms with E-state index >= 15 is 0 Å². The van der Waals surface area contributed by atoms with Crippen LogP contribution in [0, 0.1) is 5.82 Å². The average molecular weight is 339 g/mol. The zero-order valence-corrected chi connectivity index (χ0v) is 13.2. The number of rotatable bonds is 2. The van der Waals surface area contributed by atoms with E-state index in [1.165, 1.54) is 14.2 Å². The molecule has 0 radical (unpaired) electrons. The second-order valence-electron chi connectivity index (χ2n) is 4.69. The number of methoxy groups -OCH3 is 1. The largest absolute Gasteiger partial charge is 0.452 e. The van der Waals surface area contributed by atoms with Crippen molar-refractivity contribution in [1.29, 1.82) is 0 Å². The normalized spacial score (nSPS) is 9.67. The van der Waals surface area contributed by atoms with Crippen molar-refractivity contribution in [2.75, 3.05) is 19.9 Å². The molecule has 0 aliphatic carbocycles. The fraction of sp³-hybridized carbons (Fsp3) is 0.214. The van der Waals surface area contributed by atoms with E-state index in [9.17, 15) is 18.8 Å². The first-order valence-corrected chi connectivity index (χ1v) is 6.64. The number of aromatic amines is 1. The number of nitrogen functional groups attached to an aromatic ring is 1.